The number of halogens is 1. The molecule has 0 amide bonds. The summed E-state index contributed by atoms with van der Waals surface area (Å²) in [5.41, 5.74) is 0.391. The van der Waals surface area contributed by atoms with Gasteiger partial charge in [-0.1, -0.05) is 12.1 Å². The first-order valence-corrected chi connectivity index (χ1v) is 9.49. The van der Waals surface area contributed by atoms with Crippen LogP contribution in [-0.4, -0.2) is 26.1 Å². The maximum atomic E-state index is 13.2. The molecule has 3 rings (SSSR count). The zero-order chi connectivity index (χ0) is 18.7. The molecule has 138 valence electrons. The molecule has 1 fully saturated rings. The Bertz CT molecular complexity index is 878. The lowest BCUT2D eigenvalue weighted by Gasteiger charge is -2.24. The number of hydrogen-bond donors (Lipinski definition) is 1. The molecule has 0 bridgehead atoms. The lowest BCUT2D eigenvalue weighted by atomic mass is 10.0. The van der Waals surface area contributed by atoms with Crippen molar-refractivity contribution in [2.45, 2.75) is 29.9 Å². The van der Waals surface area contributed by atoms with Crippen LogP contribution in [0.2, 0.25) is 0 Å². The number of nitro groups is 1. The summed E-state index contributed by atoms with van der Waals surface area (Å²) < 4.78 is 46.8. The molecule has 1 aliphatic heterocycles. The van der Waals surface area contributed by atoms with Crippen LogP contribution in [0.3, 0.4) is 0 Å². The van der Waals surface area contributed by atoms with E-state index in [2.05, 4.69) is 4.72 Å². The van der Waals surface area contributed by atoms with E-state index in [1.54, 1.807) is 0 Å². The molecule has 0 aliphatic carbocycles. The van der Waals surface area contributed by atoms with E-state index in [0.717, 1.165) is 18.6 Å². The van der Waals surface area contributed by atoms with Crippen molar-refractivity contribution in [2.24, 2.45) is 0 Å². The van der Waals surface area contributed by atoms with Crippen LogP contribution in [0.25, 0.3) is 0 Å². The zero-order valence-corrected chi connectivity index (χ0v) is 14.5. The molecule has 1 saturated heterocycles. The molecule has 2 atom stereocenters. The lowest BCUT2D eigenvalue weighted by molar-refractivity contribution is -0.384. The van der Waals surface area contributed by atoms with E-state index < -0.39 is 26.8 Å². The van der Waals surface area contributed by atoms with Gasteiger partial charge in [0.15, 0.2) is 0 Å². The number of nitro benzene ring substituents is 1. The van der Waals surface area contributed by atoms with E-state index in [-0.39, 0.29) is 16.7 Å². The Balaban J connectivity index is 1.89. The van der Waals surface area contributed by atoms with Gasteiger partial charge >= 0.3 is 0 Å². The second-order valence-corrected chi connectivity index (χ2v) is 7.67. The predicted octanol–water partition coefficient (Wildman–Crippen LogP) is 2.93. The number of rotatable bonds is 6. The third kappa shape index (κ3) is 4.06. The summed E-state index contributed by atoms with van der Waals surface area (Å²) >= 11 is 0. The number of ether oxygens (including phenoxy) is 1. The fraction of sp³-hybridized carbons (Fsp3) is 0.294. The van der Waals surface area contributed by atoms with Crippen LogP contribution >= 0.6 is 0 Å². The van der Waals surface area contributed by atoms with Gasteiger partial charge in [0.1, 0.15) is 5.82 Å². The van der Waals surface area contributed by atoms with Crippen LogP contribution in [-0.2, 0) is 14.8 Å². The van der Waals surface area contributed by atoms with Gasteiger partial charge in [0, 0.05) is 18.7 Å². The average molecular weight is 380 g/mol. The monoisotopic (exact) mass is 380 g/mol. The summed E-state index contributed by atoms with van der Waals surface area (Å²) in [5, 5.41) is 10.7. The third-order valence-corrected chi connectivity index (χ3v) is 5.66. The fourth-order valence-corrected chi connectivity index (χ4v) is 4.13. The van der Waals surface area contributed by atoms with Crippen molar-refractivity contribution in [3.8, 4) is 0 Å². The molecule has 2 aromatic rings. The minimum absolute atomic E-state index is 0.0896. The minimum Gasteiger partial charge on any atom is -0.376 e. The maximum Gasteiger partial charge on any atom is 0.269 e. The second kappa shape index (κ2) is 7.48. The highest BCUT2D eigenvalue weighted by Crippen LogP contribution is 2.29. The molecule has 0 saturated carbocycles. The molecule has 26 heavy (non-hydrogen) atoms. The quantitative estimate of drug-likeness (QED) is 0.614. The largest absolute Gasteiger partial charge is 0.376 e. The Morgan fingerprint density at radius 1 is 1.15 bits per heavy atom. The molecule has 7 nitrogen and oxygen atoms in total. The summed E-state index contributed by atoms with van der Waals surface area (Å²) in [7, 11) is -3.94. The van der Waals surface area contributed by atoms with Gasteiger partial charge < -0.3 is 4.74 Å². The first-order valence-electron chi connectivity index (χ1n) is 8.01. The van der Waals surface area contributed by atoms with Gasteiger partial charge in [0.05, 0.1) is 22.0 Å². The molecule has 2 aromatic carbocycles. The third-order valence-electron chi connectivity index (χ3n) is 4.21. The van der Waals surface area contributed by atoms with E-state index >= 15 is 0 Å². The van der Waals surface area contributed by atoms with Crippen LogP contribution < -0.4 is 4.72 Å². The van der Waals surface area contributed by atoms with Gasteiger partial charge in [-0.25, -0.2) is 17.5 Å². The molecule has 9 heteroatoms. The van der Waals surface area contributed by atoms with E-state index in [1.807, 2.05) is 0 Å². The number of sulfonamides is 1. The average Bonchev–Trinajstić information content (AvgIpc) is 3.15. The van der Waals surface area contributed by atoms with Gasteiger partial charge in [-0.05, 0) is 42.7 Å². The number of hydrogen-bond acceptors (Lipinski definition) is 5. The van der Waals surface area contributed by atoms with Crippen molar-refractivity contribution in [3.05, 3.63) is 70.0 Å². The summed E-state index contributed by atoms with van der Waals surface area (Å²) in [6, 6.07) is 9.49. The summed E-state index contributed by atoms with van der Waals surface area (Å²) in [6.45, 7) is 0.529. The van der Waals surface area contributed by atoms with Crippen molar-refractivity contribution < 1.29 is 22.5 Å². The second-order valence-electron chi connectivity index (χ2n) is 5.95. The standard InChI is InChI=1S/C17H17FN2O5S/c18-13-5-3-12(4-6-13)17(16-2-1-11-25-16)19-26(23,24)15-9-7-14(8-10-15)20(21)22/h3-10,16-17,19H,1-2,11H2/t16-,17-/m0/s1. The molecule has 0 aromatic heterocycles. The Hall–Kier alpha value is -2.36. The Kier molecular flexibility index (Phi) is 5.30. The molecule has 0 radical (unpaired) electrons. The highest BCUT2D eigenvalue weighted by atomic mass is 32.2. The molecular weight excluding hydrogens is 363 g/mol. The summed E-state index contributed by atoms with van der Waals surface area (Å²) in [4.78, 5) is 10.0. The highest BCUT2D eigenvalue weighted by Gasteiger charge is 2.31. The van der Waals surface area contributed by atoms with Crippen molar-refractivity contribution in [1.82, 2.24) is 4.72 Å². The van der Waals surface area contributed by atoms with Gasteiger partial charge in [-0.2, -0.15) is 0 Å². The molecule has 1 N–H and O–H groups in total. The number of non-ortho nitro benzene ring substituents is 1. The maximum absolute atomic E-state index is 13.2. The topological polar surface area (TPSA) is 98.5 Å². The first-order chi connectivity index (χ1) is 12.4. The number of benzene rings is 2. The Morgan fingerprint density at radius 2 is 1.81 bits per heavy atom. The van der Waals surface area contributed by atoms with Gasteiger partial charge in [-0.3, -0.25) is 10.1 Å². The van der Waals surface area contributed by atoms with Crippen LogP contribution in [0, 0.1) is 15.9 Å². The van der Waals surface area contributed by atoms with Crippen molar-refractivity contribution in [3.63, 3.8) is 0 Å². The normalized spacial score (nSPS) is 18.6. The molecule has 1 aliphatic rings. The lowest BCUT2D eigenvalue weighted by Crippen LogP contribution is -2.36. The van der Waals surface area contributed by atoms with Crippen LogP contribution in [0.4, 0.5) is 10.1 Å². The number of nitrogens with zero attached hydrogens (tertiary/aromatic N) is 1. The zero-order valence-electron chi connectivity index (χ0n) is 13.7. The van der Waals surface area contributed by atoms with Crippen LogP contribution in [0.1, 0.15) is 24.4 Å². The van der Waals surface area contributed by atoms with E-state index in [0.29, 0.717) is 18.6 Å². The smallest absolute Gasteiger partial charge is 0.269 e. The summed E-state index contributed by atoms with van der Waals surface area (Å²) in [6.07, 6.45) is 1.11. The van der Waals surface area contributed by atoms with E-state index in [9.17, 15) is 22.9 Å². The molecule has 0 unspecified atom stereocenters. The van der Waals surface area contributed by atoms with Crippen LogP contribution in [0.5, 0.6) is 0 Å². The molecular formula is C17H17FN2O5S. The SMILES string of the molecule is O=[N+]([O-])c1ccc(S(=O)(=O)N[C@@H](c2ccc(F)cc2)[C@@H]2CCCO2)cc1. The van der Waals surface area contributed by atoms with Gasteiger partial charge in [0.25, 0.3) is 5.69 Å². The molecule has 1 heterocycles. The van der Waals surface area contributed by atoms with Crippen molar-refractivity contribution in [2.75, 3.05) is 6.61 Å². The van der Waals surface area contributed by atoms with Crippen molar-refractivity contribution >= 4 is 15.7 Å². The fourth-order valence-electron chi connectivity index (χ4n) is 2.88. The highest BCUT2D eigenvalue weighted by molar-refractivity contribution is 7.89. The minimum atomic E-state index is -3.94. The van der Waals surface area contributed by atoms with E-state index in [4.69, 9.17) is 4.74 Å². The Labute approximate surface area is 150 Å². The van der Waals surface area contributed by atoms with Gasteiger partial charge in [-0.15, -0.1) is 0 Å². The predicted molar refractivity (Wildman–Crippen MR) is 91.5 cm³/mol. The molecule has 0 spiro atoms. The van der Waals surface area contributed by atoms with E-state index in [1.165, 1.54) is 36.4 Å². The van der Waals surface area contributed by atoms with Gasteiger partial charge in [0.2, 0.25) is 10.0 Å². The Morgan fingerprint density at radius 3 is 2.35 bits per heavy atom. The summed E-state index contributed by atoms with van der Waals surface area (Å²) in [5.74, 6) is -0.418. The first kappa shape index (κ1) is 18.4. The van der Waals surface area contributed by atoms with Crippen molar-refractivity contribution in [1.29, 1.82) is 0 Å². The number of nitrogens with one attached hydrogen (secondary N) is 1. The van der Waals surface area contributed by atoms with Crippen LogP contribution in [0.15, 0.2) is 53.4 Å².